The van der Waals surface area contributed by atoms with Crippen molar-refractivity contribution in [1.82, 2.24) is 10.2 Å². The van der Waals surface area contributed by atoms with E-state index < -0.39 is 6.61 Å². The van der Waals surface area contributed by atoms with Crippen molar-refractivity contribution in [2.45, 2.75) is 13.2 Å². The van der Waals surface area contributed by atoms with Crippen LogP contribution >= 0.6 is 12.4 Å². The number of benzene rings is 1. The van der Waals surface area contributed by atoms with Gasteiger partial charge in [0.2, 0.25) is 0 Å². The van der Waals surface area contributed by atoms with E-state index in [0.29, 0.717) is 13.1 Å². The van der Waals surface area contributed by atoms with Gasteiger partial charge in [0.05, 0.1) is 0 Å². The van der Waals surface area contributed by atoms with E-state index in [1.165, 1.54) is 12.1 Å². The lowest BCUT2D eigenvalue weighted by Gasteiger charge is -2.26. The number of amides is 1. The number of rotatable bonds is 4. The van der Waals surface area contributed by atoms with Crippen molar-refractivity contribution in [2.24, 2.45) is 0 Å². The second-order valence-electron chi connectivity index (χ2n) is 4.31. The predicted octanol–water partition coefficient (Wildman–Crippen LogP) is 2.25. The number of halogens is 3. The third-order valence-corrected chi connectivity index (χ3v) is 2.89. The van der Waals surface area contributed by atoms with Gasteiger partial charge in [-0.15, -0.1) is 12.4 Å². The summed E-state index contributed by atoms with van der Waals surface area (Å²) in [6.45, 7) is 0.0349. The zero-order chi connectivity index (χ0) is 14.4. The van der Waals surface area contributed by atoms with Crippen molar-refractivity contribution in [3.63, 3.8) is 0 Å². The third kappa shape index (κ3) is 5.73. The van der Waals surface area contributed by atoms with Crippen LogP contribution in [0.2, 0.25) is 0 Å². The summed E-state index contributed by atoms with van der Waals surface area (Å²) in [4.78, 5) is 13.4. The molecule has 0 unspecified atom stereocenters. The second-order valence-corrected chi connectivity index (χ2v) is 4.31. The van der Waals surface area contributed by atoms with Gasteiger partial charge in [0, 0.05) is 26.2 Å². The van der Waals surface area contributed by atoms with Gasteiger partial charge < -0.3 is 19.7 Å². The monoisotopic (exact) mass is 322 g/mol. The van der Waals surface area contributed by atoms with E-state index in [1.807, 2.05) is 0 Å². The molecule has 1 aliphatic heterocycles. The number of piperazine rings is 1. The lowest BCUT2D eigenvalue weighted by molar-refractivity contribution is -0.0498. The molecule has 0 saturated carbocycles. The van der Waals surface area contributed by atoms with Gasteiger partial charge in [0.1, 0.15) is 12.4 Å². The minimum Gasteiger partial charge on any atom is -0.445 e. The summed E-state index contributed by atoms with van der Waals surface area (Å²) in [5.41, 5.74) is 0.718. The maximum atomic E-state index is 12.0. The number of hydrogen-bond acceptors (Lipinski definition) is 4. The number of nitrogens with one attached hydrogen (secondary N) is 1. The highest BCUT2D eigenvalue weighted by atomic mass is 35.5. The van der Waals surface area contributed by atoms with Crippen LogP contribution in [-0.2, 0) is 11.3 Å². The Hall–Kier alpha value is -1.60. The molecule has 0 aromatic heterocycles. The first-order valence-corrected chi connectivity index (χ1v) is 6.31. The molecule has 1 aromatic rings. The van der Waals surface area contributed by atoms with E-state index in [-0.39, 0.29) is 30.9 Å². The van der Waals surface area contributed by atoms with Crippen molar-refractivity contribution in [3.8, 4) is 5.75 Å². The Labute approximate surface area is 127 Å². The van der Waals surface area contributed by atoms with Crippen molar-refractivity contribution in [3.05, 3.63) is 29.8 Å². The van der Waals surface area contributed by atoms with E-state index in [0.717, 1.165) is 18.7 Å². The van der Waals surface area contributed by atoms with Gasteiger partial charge in [-0.2, -0.15) is 8.78 Å². The van der Waals surface area contributed by atoms with Crippen molar-refractivity contribution >= 4 is 18.5 Å². The van der Waals surface area contributed by atoms with Crippen LogP contribution in [0.4, 0.5) is 13.6 Å². The van der Waals surface area contributed by atoms with Crippen LogP contribution in [0.3, 0.4) is 0 Å². The minimum atomic E-state index is -2.84. The molecule has 1 amide bonds. The first-order chi connectivity index (χ1) is 9.65. The number of carbonyl (C=O) groups excluding carboxylic acids is 1. The van der Waals surface area contributed by atoms with Crippen LogP contribution in [-0.4, -0.2) is 43.8 Å². The molecule has 0 radical (unpaired) electrons. The average molecular weight is 323 g/mol. The fourth-order valence-corrected chi connectivity index (χ4v) is 1.85. The predicted molar refractivity (Wildman–Crippen MR) is 74.9 cm³/mol. The molecule has 21 heavy (non-hydrogen) atoms. The summed E-state index contributed by atoms with van der Waals surface area (Å²) in [5.74, 6) is 0.0807. The Morgan fingerprint density at radius 2 is 1.86 bits per heavy atom. The molecule has 1 saturated heterocycles. The summed E-state index contributed by atoms with van der Waals surface area (Å²) >= 11 is 0. The van der Waals surface area contributed by atoms with Crippen LogP contribution in [0, 0.1) is 0 Å². The van der Waals surface area contributed by atoms with E-state index in [1.54, 1.807) is 17.0 Å². The average Bonchev–Trinajstić information content (AvgIpc) is 2.46. The fourth-order valence-electron chi connectivity index (χ4n) is 1.85. The Kier molecular flexibility index (Phi) is 7.18. The SMILES string of the molecule is Cl.O=C(OCc1ccc(OC(F)F)cc1)N1CCNCC1. The number of alkyl halides is 2. The maximum Gasteiger partial charge on any atom is 0.410 e. The molecule has 1 aliphatic rings. The van der Waals surface area contributed by atoms with Crippen molar-refractivity contribution < 1.29 is 23.0 Å². The Balaban J connectivity index is 0.00000220. The molecule has 0 bridgehead atoms. The lowest BCUT2D eigenvalue weighted by Crippen LogP contribution is -2.46. The molecule has 0 spiro atoms. The molecule has 1 aromatic carbocycles. The highest BCUT2D eigenvalue weighted by Gasteiger charge is 2.17. The molecule has 5 nitrogen and oxygen atoms in total. The van der Waals surface area contributed by atoms with Crippen molar-refractivity contribution in [1.29, 1.82) is 0 Å². The first-order valence-electron chi connectivity index (χ1n) is 6.31. The largest absolute Gasteiger partial charge is 0.445 e. The highest BCUT2D eigenvalue weighted by molar-refractivity contribution is 5.85. The van der Waals surface area contributed by atoms with Gasteiger partial charge >= 0.3 is 12.7 Å². The summed E-state index contributed by atoms with van der Waals surface area (Å²) < 4.78 is 33.3. The summed E-state index contributed by atoms with van der Waals surface area (Å²) in [6, 6.07) is 6.01. The van der Waals surface area contributed by atoms with E-state index >= 15 is 0 Å². The maximum absolute atomic E-state index is 12.0. The van der Waals surface area contributed by atoms with Crippen LogP contribution in [0.25, 0.3) is 0 Å². The smallest absolute Gasteiger partial charge is 0.410 e. The van der Waals surface area contributed by atoms with Crippen LogP contribution in [0.15, 0.2) is 24.3 Å². The molecule has 118 valence electrons. The third-order valence-electron chi connectivity index (χ3n) is 2.89. The van der Waals surface area contributed by atoms with Gasteiger partial charge in [-0.25, -0.2) is 4.79 Å². The summed E-state index contributed by atoms with van der Waals surface area (Å²) in [6.07, 6.45) is -0.362. The fraction of sp³-hybridized carbons (Fsp3) is 0.462. The normalized spacial score (nSPS) is 14.5. The van der Waals surface area contributed by atoms with Gasteiger partial charge in [-0.05, 0) is 17.7 Å². The van der Waals surface area contributed by atoms with E-state index in [9.17, 15) is 13.6 Å². The standard InChI is InChI=1S/C13H16F2N2O3.ClH/c14-12(15)20-11-3-1-10(2-4-11)9-19-13(18)17-7-5-16-6-8-17;/h1-4,12,16H,5-9H2;1H. The Bertz CT molecular complexity index is 440. The van der Waals surface area contributed by atoms with Crippen LogP contribution in [0.5, 0.6) is 5.75 Å². The van der Waals surface area contributed by atoms with Crippen molar-refractivity contribution in [2.75, 3.05) is 26.2 Å². The molecule has 0 atom stereocenters. The molecule has 0 aliphatic carbocycles. The number of nitrogens with zero attached hydrogens (tertiary/aromatic N) is 1. The van der Waals surface area contributed by atoms with E-state index in [2.05, 4.69) is 10.1 Å². The molecule has 2 rings (SSSR count). The molecule has 1 N–H and O–H groups in total. The first kappa shape index (κ1) is 17.5. The number of ether oxygens (including phenoxy) is 2. The molecule has 8 heteroatoms. The topological polar surface area (TPSA) is 50.8 Å². The van der Waals surface area contributed by atoms with Gasteiger partial charge in [0.25, 0.3) is 0 Å². The van der Waals surface area contributed by atoms with Crippen LogP contribution in [0.1, 0.15) is 5.56 Å². The zero-order valence-electron chi connectivity index (χ0n) is 11.3. The molecule has 1 heterocycles. The Morgan fingerprint density at radius 1 is 1.24 bits per heavy atom. The summed E-state index contributed by atoms with van der Waals surface area (Å²) in [7, 11) is 0. The molecule has 1 fully saturated rings. The summed E-state index contributed by atoms with van der Waals surface area (Å²) in [5, 5.41) is 3.14. The van der Waals surface area contributed by atoms with Gasteiger partial charge in [-0.1, -0.05) is 12.1 Å². The van der Waals surface area contributed by atoms with Crippen LogP contribution < -0.4 is 10.1 Å². The van der Waals surface area contributed by atoms with E-state index in [4.69, 9.17) is 4.74 Å². The molecular weight excluding hydrogens is 306 g/mol. The number of hydrogen-bond donors (Lipinski definition) is 1. The lowest BCUT2D eigenvalue weighted by atomic mass is 10.2. The number of carbonyl (C=O) groups is 1. The quantitative estimate of drug-likeness (QED) is 0.924. The Morgan fingerprint density at radius 3 is 2.43 bits per heavy atom. The second kappa shape index (κ2) is 8.63. The van der Waals surface area contributed by atoms with Gasteiger partial charge in [-0.3, -0.25) is 0 Å². The van der Waals surface area contributed by atoms with Gasteiger partial charge in [0.15, 0.2) is 0 Å². The highest BCUT2D eigenvalue weighted by Crippen LogP contribution is 2.15. The zero-order valence-corrected chi connectivity index (χ0v) is 12.1. The molecular formula is C13H17ClF2N2O3. The minimum absolute atomic E-state index is 0.